The number of benzene rings is 1. The van der Waals surface area contributed by atoms with Crippen molar-refractivity contribution in [2.24, 2.45) is 0 Å². The zero-order chi connectivity index (χ0) is 16.4. The van der Waals surface area contributed by atoms with Gasteiger partial charge in [-0.2, -0.15) is 0 Å². The largest absolute Gasteiger partial charge is 0.474 e. The zero-order valence-corrected chi connectivity index (χ0v) is 12.9. The molecule has 1 aliphatic carbocycles. The highest BCUT2D eigenvalue weighted by Crippen LogP contribution is 2.34. The third-order valence-corrected chi connectivity index (χ3v) is 4.16. The van der Waals surface area contributed by atoms with E-state index < -0.39 is 17.7 Å². The van der Waals surface area contributed by atoms with Gasteiger partial charge in [-0.1, -0.05) is 0 Å². The van der Waals surface area contributed by atoms with Gasteiger partial charge in [-0.3, -0.25) is 0 Å². The van der Waals surface area contributed by atoms with Gasteiger partial charge in [0.25, 0.3) is 0 Å². The van der Waals surface area contributed by atoms with Crippen molar-refractivity contribution in [3.8, 4) is 17.0 Å². The van der Waals surface area contributed by atoms with Gasteiger partial charge < -0.3 is 9.84 Å². The predicted molar refractivity (Wildman–Crippen MR) is 83.1 cm³/mol. The number of nitrogens with zero attached hydrogens (tertiary/aromatic N) is 1. The average Bonchev–Trinajstić information content (AvgIpc) is 2.99. The van der Waals surface area contributed by atoms with Crippen LogP contribution < -0.4 is 4.74 Å². The Balaban J connectivity index is 1.98. The van der Waals surface area contributed by atoms with E-state index in [2.05, 4.69) is 4.98 Å². The molecule has 122 valence electrons. The van der Waals surface area contributed by atoms with Gasteiger partial charge >= 0.3 is 0 Å². The van der Waals surface area contributed by atoms with Crippen molar-refractivity contribution in [3.05, 3.63) is 47.7 Å². The van der Waals surface area contributed by atoms with Crippen LogP contribution in [0.4, 0.5) is 8.78 Å². The molecule has 23 heavy (non-hydrogen) atoms. The second kappa shape index (κ2) is 6.62. The lowest BCUT2D eigenvalue weighted by Gasteiger charge is -2.16. The lowest BCUT2D eigenvalue weighted by atomic mass is 10.0. The van der Waals surface area contributed by atoms with E-state index in [9.17, 15) is 13.9 Å². The molecule has 1 aromatic carbocycles. The molecule has 5 heteroatoms. The van der Waals surface area contributed by atoms with Crippen molar-refractivity contribution in [3.63, 3.8) is 0 Å². The van der Waals surface area contributed by atoms with Gasteiger partial charge in [0.05, 0.1) is 11.7 Å². The van der Waals surface area contributed by atoms with Crippen LogP contribution in [0.1, 0.15) is 44.3 Å². The van der Waals surface area contributed by atoms with E-state index >= 15 is 0 Å². The Morgan fingerprint density at radius 3 is 2.48 bits per heavy atom. The van der Waals surface area contributed by atoms with Crippen LogP contribution in [0.2, 0.25) is 0 Å². The Bertz CT molecular complexity index is 674. The summed E-state index contributed by atoms with van der Waals surface area (Å²) in [5, 5.41) is 9.47. The van der Waals surface area contributed by atoms with Gasteiger partial charge in [-0.25, -0.2) is 13.8 Å². The topological polar surface area (TPSA) is 42.4 Å². The Labute approximate surface area is 133 Å². The molecule has 0 saturated heterocycles. The molecule has 0 aliphatic heterocycles. The van der Waals surface area contributed by atoms with Crippen LogP contribution in [0, 0.1) is 11.6 Å². The van der Waals surface area contributed by atoms with Crippen LogP contribution in [0.3, 0.4) is 0 Å². The third kappa shape index (κ3) is 3.34. The Morgan fingerprint density at radius 2 is 1.87 bits per heavy atom. The van der Waals surface area contributed by atoms with E-state index in [1.165, 1.54) is 19.1 Å². The summed E-state index contributed by atoms with van der Waals surface area (Å²) in [5.41, 5.74) is 0.579. The highest BCUT2D eigenvalue weighted by atomic mass is 19.1. The second-order valence-corrected chi connectivity index (χ2v) is 5.91. The highest BCUT2D eigenvalue weighted by Gasteiger charge is 2.21. The van der Waals surface area contributed by atoms with Crippen LogP contribution in [0.5, 0.6) is 5.88 Å². The lowest BCUT2D eigenvalue weighted by Crippen LogP contribution is -2.12. The first-order valence-corrected chi connectivity index (χ1v) is 7.85. The van der Waals surface area contributed by atoms with E-state index in [0.717, 1.165) is 25.7 Å². The fourth-order valence-corrected chi connectivity index (χ4v) is 3.01. The van der Waals surface area contributed by atoms with Crippen LogP contribution >= 0.6 is 0 Å². The Morgan fingerprint density at radius 1 is 1.22 bits per heavy atom. The minimum Gasteiger partial charge on any atom is -0.474 e. The first kappa shape index (κ1) is 15.9. The van der Waals surface area contributed by atoms with Crippen molar-refractivity contribution in [2.45, 2.75) is 44.8 Å². The normalized spacial score (nSPS) is 16.5. The molecular weight excluding hydrogens is 300 g/mol. The number of hydrogen-bond donors (Lipinski definition) is 1. The molecule has 0 radical (unpaired) electrons. The SMILES string of the molecule is CC(O)c1c(F)cc(-c2cccnc2OC2CCCC2)cc1F. The van der Waals surface area contributed by atoms with Crippen LogP contribution in [-0.4, -0.2) is 16.2 Å². The van der Waals surface area contributed by atoms with Crippen LogP contribution in [0.15, 0.2) is 30.5 Å². The molecule has 1 aliphatic rings. The molecule has 1 unspecified atom stereocenters. The maximum Gasteiger partial charge on any atom is 0.221 e. The van der Waals surface area contributed by atoms with Crippen molar-refractivity contribution in [1.29, 1.82) is 0 Å². The van der Waals surface area contributed by atoms with Crippen LogP contribution in [-0.2, 0) is 0 Å². The molecule has 1 N–H and O–H groups in total. The van der Waals surface area contributed by atoms with Crippen molar-refractivity contribution >= 4 is 0 Å². The van der Waals surface area contributed by atoms with E-state index in [1.54, 1.807) is 18.3 Å². The van der Waals surface area contributed by atoms with E-state index in [-0.39, 0.29) is 11.7 Å². The summed E-state index contributed by atoms with van der Waals surface area (Å²) < 4.78 is 34.2. The summed E-state index contributed by atoms with van der Waals surface area (Å²) in [4.78, 5) is 4.22. The maximum atomic E-state index is 14.1. The number of halogens is 2. The lowest BCUT2D eigenvalue weighted by molar-refractivity contribution is 0.188. The van der Waals surface area contributed by atoms with Gasteiger partial charge in [0.15, 0.2) is 0 Å². The zero-order valence-electron chi connectivity index (χ0n) is 12.9. The predicted octanol–water partition coefficient (Wildman–Crippen LogP) is 4.40. The summed E-state index contributed by atoms with van der Waals surface area (Å²) in [6.45, 7) is 1.33. The van der Waals surface area contributed by atoms with Crippen molar-refractivity contribution in [2.75, 3.05) is 0 Å². The molecule has 1 heterocycles. The van der Waals surface area contributed by atoms with E-state index in [1.807, 2.05) is 0 Å². The fourth-order valence-electron chi connectivity index (χ4n) is 3.01. The summed E-state index contributed by atoms with van der Waals surface area (Å²) in [6, 6.07) is 5.86. The molecule has 0 bridgehead atoms. The quantitative estimate of drug-likeness (QED) is 0.908. The number of aromatic nitrogens is 1. The number of hydrogen-bond acceptors (Lipinski definition) is 3. The Kier molecular flexibility index (Phi) is 4.57. The molecular formula is C18H19F2NO2. The summed E-state index contributed by atoms with van der Waals surface area (Å²) in [6.07, 6.45) is 4.70. The van der Waals surface area contributed by atoms with Gasteiger partial charge in [0, 0.05) is 11.8 Å². The summed E-state index contributed by atoms with van der Waals surface area (Å²) >= 11 is 0. The number of rotatable bonds is 4. The maximum absolute atomic E-state index is 14.1. The summed E-state index contributed by atoms with van der Waals surface area (Å²) in [5.74, 6) is -1.15. The first-order valence-electron chi connectivity index (χ1n) is 7.85. The van der Waals surface area contributed by atoms with E-state index in [4.69, 9.17) is 4.74 Å². The monoisotopic (exact) mass is 319 g/mol. The average molecular weight is 319 g/mol. The van der Waals surface area contributed by atoms with Gasteiger partial charge in [0.1, 0.15) is 17.7 Å². The molecule has 3 nitrogen and oxygen atoms in total. The number of ether oxygens (including phenoxy) is 1. The Hall–Kier alpha value is -2.01. The fraction of sp³-hybridized carbons (Fsp3) is 0.389. The van der Waals surface area contributed by atoms with E-state index in [0.29, 0.717) is 17.0 Å². The molecule has 0 amide bonds. The number of pyridine rings is 1. The minimum absolute atomic E-state index is 0.107. The molecule has 2 aromatic rings. The third-order valence-electron chi connectivity index (χ3n) is 4.16. The first-order chi connectivity index (χ1) is 11.1. The standard InChI is InChI=1S/C18H19F2NO2/c1-11(22)17-15(19)9-12(10-16(17)20)14-7-4-8-21-18(14)23-13-5-2-3-6-13/h4,7-11,13,22H,2-3,5-6H2,1H3. The van der Waals surface area contributed by atoms with Gasteiger partial charge in [-0.15, -0.1) is 0 Å². The molecule has 1 saturated carbocycles. The van der Waals surface area contributed by atoms with Crippen molar-refractivity contribution < 1.29 is 18.6 Å². The minimum atomic E-state index is -1.20. The van der Waals surface area contributed by atoms with Crippen LogP contribution in [0.25, 0.3) is 11.1 Å². The molecule has 1 fully saturated rings. The second-order valence-electron chi connectivity index (χ2n) is 5.91. The van der Waals surface area contributed by atoms with Crippen molar-refractivity contribution in [1.82, 2.24) is 4.98 Å². The highest BCUT2D eigenvalue weighted by molar-refractivity contribution is 5.69. The summed E-state index contributed by atoms with van der Waals surface area (Å²) in [7, 11) is 0. The molecule has 1 aromatic heterocycles. The number of aliphatic hydroxyl groups excluding tert-OH is 1. The molecule has 0 spiro atoms. The van der Waals surface area contributed by atoms with Gasteiger partial charge in [0.2, 0.25) is 5.88 Å². The van der Waals surface area contributed by atoms with Gasteiger partial charge in [-0.05, 0) is 62.4 Å². The molecule has 3 rings (SSSR count). The molecule has 1 atom stereocenters. The number of aliphatic hydroxyl groups is 1. The smallest absolute Gasteiger partial charge is 0.221 e.